The third-order valence-electron chi connectivity index (χ3n) is 4.24. The number of ether oxygens (including phenoxy) is 1. The molecule has 1 aromatic carbocycles. The standard InChI is InChI=1S/C20H26N2O4/c1-12-10-22(11-13(2)26-12)20-7-6-17(14(3)23)8-19(20)21-9-18(15(4)24)16(5)25/h6-9,12-13,24H,10-11H2,1-5H3. The number of carbonyl (C=O) groups excluding carboxylic acids is 2. The van der Waals surface area contributed by atoms with Crippen molar-refractivity contribution in [2.24, 2.45) is 4.99 Å². The number of morpholine rings is 1. The van der Waals surface area contributed by atoms with Crippen molar-refractivity contribution in [2.45, 2.75) is 46.8 Å². The van der Waals surface area contributed by atoms with Crippen LogP contribution in [0, 0.1) is 0 Å². The Morgan fingerprint density at radius 1 is 1.19 bits per heavy atom. The molecule has 1 heterocycles. The van der Waals surface area contributed by atoms with Gasteiger partial charge >= 0.3 is 0 Å². The van der Waals surface area contributed by atoms with Crippen molar-refractivity contribution in [1.29, 1.82) is 0 Å². The molecule has 1 aliphatic rings. The zero-order valence-electron chi connectivity index (χ0n) is 15.9. The second-order valence-corrected chi connectivity index (χ2v) is 6.74. The second-order valence-electron chi connectivity index (χ2n) is 6.74. The van der Waals surface area contributed by atoms with Gasteiger partial charge in [0.25, 0.3) is 0 Å². The topological polar surface area (TPSA) is 79.2 Å². The highest BCUT2D eigenvalue weighted by molar-refractivity contribution is 6.13. The van der Waals surface area contributed by atoms with Crippen LogP contribution in [-0.4, -0.2) is 48.2 Å². The van der Waals surface area contributed by atoms with Gasteiger partial charge in [-0.05, 0) is 52.8 Å². The van der Waals surface area contributed by atoms with E-state index in [4.69, 9.17) is 4.74 Å². The Hall–Kier alpha value is -2.47. The SMILES string of the molecule is CC(=O)C(C=Nc1cc(C(C)=O)ccc1N1CC(C)OC(C)C1)=C(C)O. The van der Waals surface area contributed by atoms with Gasteiger partial charge in [0, 0.05) is 24.9 Å². The van der Waals surface area contributed by atoms with Gasteiger partial charge in [-0.2, -0.15) is 0 Å². The van der Waals surface area contributed by atoms with Gasteiger partial charge in [0.2, 0.25) is 0 Å². The van der Waals surface area contributed by atoms with Crippen molar-refractivity contribution >= 4 is 29.2 Å². The molecule has 1 aliphatic heterocycles. The van der Waals surface area contributed by atoms with Crippen molar-refractivity contribution in [3.63, 3.8) is 0 Å². The third kappa shape index (κ3) is 4.79. The Morgan fingerprint density at radius 2 is 1.81 bits per heavy atom. The Morgan fingerprint density at radius 3 is 2.31 bits per heavy atom. The molecule has 0 bridgehead atoms. The zero-order valence-corrected chi connectivity index (χ0v) is 15.9. The quantitative estimate of drug-likeness (QED) is 0.376. The van der Waals surface area contributed by atoms with E-state index in [1.165, 1.54) is 27.0 Å². The van der Waals surface area contributed by atoms with Crippen molar-refractivity contribution in [3.05, 3.63) is 35.1 Å². The fourth-order valence-corrected chi connectivity index (χ4v) is 3.06. The van der Waals surface area contributed by atoms with Crippen LogP contribution in [0.4, 0.5) is 11.4 Å². The molecule has 6 heteroatoms. The molecule has 1 saturated heterocycles. The van der Waals surface area contributed by atoms with Crippen molar-refractivity contribution in [2.75, 3.05) is 18.0 Å². The van der Waals surface area contributed by atoms with Gasteiger partial charge in [0.1, 0.15) is 5.76 Å². The molecule has 1 fully saturated rings. The summed E-state index contributed by atoms with van der Waals surface area (Å²) in [6.45, 7) is 9.77. The summed E-state index contributed by atoms with van der Waals surface area (Å²) in [5.74, 6) is -0.414. The lowest BCUT2D eigenvalue weighted by Gasteiger charge is -2.37. The van der Waals surface area contributed by atoms with E-state index in [-0.39, 0.29) is 35.1 Å². The largest absolute Gasteiger partial charge is 0.512 e. The fourth-order valence-electron chi connectivity index (χ4n) is 3.06. The lowest BCUT2D eigenvalue weighted by molar-refractivity contribution is -0.113. The van der Waals surface area contributed by atoms with Crippen molar-refractivity contribution in [1.82, 2.24) is 0 Å². The summed E-state index contributed by atoms with van der Waals surface area (Å²) in [7, 11) is 0. The van der Waals surface area contributed by atoms with E-state index in [2.05, 4.69) is 9.89 Å². The molecule has 0 amide bonds. The predicted molar refractivity (Wildman–Crippen MR) is 103 cm³/mol. The summed E-state index contributed by atoms with van der Waals surface area (Å²) in [5, 5.41) is 9.68. The maximum Gasteiger partial charge on any atom is 0.164 e. The highest BCUT2D eigenvalue weighted by atomic mass is 16.5. The summed E-state index contributed by atoms with van der Waals surface area (Å²) in [6.07, 6.45) is 1.51. The summed E-state index contributed by atoms with van der Waals surface area (Å²) >= 11 is 0. The van der Waals surface area contributed by atoms with E-state index in [1.54, 1.807) is 12.1 Å². The Labute approximate surface area is 154 Å². The average molecular weight is 358 g/mol. The monoisotopic (exact) mass is 358 g/mol. The van der Waals surface area contributed by atoms with Crippen LogP contribution in [0.5, 0.6) is 0 Å². The predicted octanol–water partition coefficient (Wildman–Crippen LogP) is 3.63. The molecule has 140 valence electrons. The third-order valence-corrected chi connectivity index (χ3v) is 4.24. The molecular weight excluding hydrogens is 332 g/mol. The minimum atomic E-state index is -0.272. The first kappa shape index (κ1) is 19.8. The number of ketones is 2. The number of Topliss-reactive ketones (excluding diaryl/α,β-unsaturated/α-hetero) is 2. The molecule has 2 atom stereocenters. The van der Waals surface area contributed by atoms with Gasteiger partial charge in [-0.3, -0.25) is 14.6 Å². The Balaban J connectivity index is 2.47. The van der Waals surface area contributed by atoms with Gasteiger partial charge in [-0.1, -0.05) is 0 Å². The maximum atomic E-state index is 11.8. The first-order chi connectivity index (χ1) is 12.2. The van der Waals surface area contributed by atoms with E-state index in [1.807, 2.05) is 19.9 Å². The van der Waals surface area contributed by atoms with Crippen LogP contribution < -0.4 is 4.90 Å². The van der Waals surface area contributed by atoms with Crippen LogP contribution in [0.25, 0.3) is 0 Å². The maximum absolute atomic E-state index is 11.8. The lowest BCUT2D eigenvalue weighted by Crippen LogP contribution is -2.45. The minimum absolute atomic E-state index is 0.0580. The highest BCUT2D eigenvalue weighted by Crippen LogP contribution is 2.32. The smallest absolute Gasteiger partial charge is 0.164 e. The van der Waals surface area contributed by atoms with Crippen LogP contribution in [0.2, 0.25) is 0 Å². The first-order valence-electron chi connectivity index (χ1n) is 8.69. The van der Waals surface area contributed by atoms with Gasteiger partial charge in [-0.25, -0.2) is 0 Å². The molecule has 26 heavy (non-hydrogen) atoms. The number of carbonyl (C=O) groups is 2. The first-order valence-corrected chi connectivity index (χ1v) is 8.69. The van der Waals surface area contributed by atoms with E-state index in [9.17, 15) is 14.7 Å². The molecule has 1 aromatic rings. The number of aliphatic hydroxyl groups excluding tert-OH is 1. The number of aliphatic imine (C=N–C) groups is 1. The van der Waals surface area contributed by atoms with E-state index >= 15 is 0 Å². The van der Waals surface area contributed by atoms with Crippen molar-refractivity contribution in [3.8, 4) is 0 Å². The Bertz CT molecular complexity index is 753. The molecule has 0 aromatic heterocycles. The van der Waals surface area contributed by atoms with Gasteiger partial charge in [0.15, 0.2) is 11.6 Å². The van der Waals surface area contributed by atoms with Crippen LogP contribution in [0.15, 0.2) is 34.5 Å². The number of hydrogen-bond acceptors (Lipinski definition) is 6. The zero-order chi connectivity index (χ0) is 19.4. The van der Waals surface area contributed by atoms with E-state index in [0.717, 1.165) is 5.69 Å². The molecule has 1 N–H and O–H groups in total. The lowest BCUT2D eigenvalue weighted by atomic mass is 10.1. The van der Waals surface area contributed by atoms with Gasteiger partial charge in [-0.15, -0.1) is 0 Å². The number of hydrogen-bond donors (Lipinski definition) is 1. The molecule has 6 nitrogen and oxygen atoms in total. The van der Waals surface area contributed by atoms with Crippen LogP contribution in [0.3, 0.4) is 0 Å². The normalized spacial score (nSPS) is 21.7. The number of allylic oxidation sites excluding steroid dienone is 2. The highest BCUT2D eigenvalue weighted by Gasteiger charge is 2.24. The molecule has 2 unspecified atom stereocenters. The van der Waals surface area contributed by atoms with Crippen LogP contribution in [-0.2, 0) is 9.53 Å². The minimum Gasteiger partial charge on any atom is -0.512 e. The summed E-state index contributed by atoms with van der Waals surface area (Å²) in [5.41, 5.74) is 2.14. The molecule has 0 aliphatic carbocycles. The molecule has 0 spiro atoms. The van der Waals surface area contributed by atoms with Crippen molar-refractivity contribution < 1.29 is 19.4 Å². The second kappa shape index (κ2) is 8.27. The molecule has 0 radical (unpaired) electrons. The number of benzene rings is 1. The summed E-state index contributed by atoms with van der Waals surface area (Å²) in [4.78, 5) is 30.0. The van der Waals surface area contributed by atoms with E-state index in [0.29, 0.717) is 24.3 Å². The summed E-state index contributed by atoms with van der Waals surface area (Å²) in [6, 6.07) is 5.36. The van der Waals surface area contributed by atoms with Gasteiger partial charge in [0.05, 0.1) is 29.2 Å². The molecular formula is C20H26N2O4. The average Bonchev–Trinajstić information content (AvgIpc) is 2.53. The van der Waals surface area contributed by atoms with Crippen LogP contribution in [0.1, 0.15) is 45.0 Å². The number of aliphatic hydroxyl groups is 1. The van der Waals surface area contributed by atoms with E-state index < -0.39 is 0 Å². The number of rotatable bonds is 5. The summed E-state index contributed by atoms with van der Waals surface area (Å²) < 4.78 is 5.78. The van der Waals surface area contributed by atoms with Gasteiger partial charge < -0.3 is 14.7 Å². The number of nitrogens with zero attached hydrogens (tertiary/aromatic N) is 2. The molecule has 2 rings (SSSR count). The Kier molecular flexibility index (Phi) is 6.32. The fraction of sp³-hybridized carbons (Fsp3) is 0.450. The molecule has 0 saturated carbocycles. The van der Waals surface area contributed by atoms with Crippen LogP contribution >= 0.6 is 0 Å². The number of anilines is 1.